The molecule has 1 saturated carbocycles. The molecule has 19 heavy (non-hydrogen) atoms. The number of amides is 1. The zero-order chi connectivity index (χ0) is 13.9. The second kappa shape index (κ2) is 5.61. The number of rotatable bonds is 6. The molecule has 1 aliphatic rings. The quantitative estimate of drug-likeness (QED) is 0.822. The molecule has 0 aliphatic heterocycles. The van der Waals surface area contributed by atoms with E-state index in [-0.39, 0.29) is 5.91 Å². The Kier molecular flexibility index (Phi) is 4.10. The number of nitrogens with two attached hydrogens (primary N) is 1. The largest absolute Gasteiger partial charge is 0.493 e. The van der Waals surface area contributed by atoms with Crippen molar-refractivity contribution < 1.29 is 9.53 Å². The first-order valence-electron chi connectivity index (χ1n) is 6.78. The molecule has 0 heterocycles. The van der Waals surface area contributed by atoms with Gasteiger partial charge in [0, 0.05) is 6.54 Å². The third-order valence-corrected chi connectivity index (χ3v) is 3.18. The Labute approximate surface area is 114 Å². The van der Waals surface area contributed by atoms with Gasteiger partial charge in [-0.15, -0.1) is 0 Å². The summed E-state index contributed by atoms with van der Waals surface area (Å²) in [6.45, 7) is 5.42. The molecule has 4 nitrogen and oxygen atoms in total. The molecular weight excluding hydrogens is 240 g/mol. The molecule has 4 heteroatoms. The minimum Gasteiger partial charge on any atom is -0.493 e. The second-order valence-corrected chi connectivity index (χ2v) is 5.69. The number of carbonyl (C=O) groups is 1. The van der Waals surface area contributed by atoms with Crippen LogP contribution in [-0.2, 0) is 11.3 Å². The average Bonchev–Trinajstić information content (AvgIpc) is 3.13. The van der Waals surface area contributed by atoms with E-state index in [1.165, 1.54) is 0 Å². The topological polar surface area (TPSA) is 64.3 Å². The van der Waals surface area contributed by atoms with Crippen molar-refractivity contribution in [2.24, 2.45) is 11.7 Å². The maximum Gasteiger partial charge on any atom is 0.240 e. The zero-order valence-electron chi connectivity index (χ0n) is 11.6. The summed E-state index contributed by atoms with van der Waals surface area (Å²) in [6.07, 6.45) is 1.58. The fourth-order valence-corrected chi connectivity index (χ4v) is 1.73. The van der Waals surface area contributed by atoms with Crippen LogP contribution in [0.5, 0.6) is 5.75 Å². The molecule has 104 valence electrons. The summed E-state index contributed by atoms with van der Waals surface area (Å²) < 4.78 is 5.66. The van der Waals surface area contributed by atoms with E-state index in [2.05, 4.69) is 19.2 Å². The number of benzene rings is 1. The molecule has 0 aromatic heterocycles. The lowest BCUT2D eigenvalue weighted by molar-refractivity contribution is -0.123. The van der Waals surface area contributed by atoms with Crippen molar-refractivity contribution in [2.45, 2.75) is 38.8 Å². The van der Waals surface area contributed by atoms with Crippen LogP contribution in [0, 0.1) is 5.92 Å². The molecule has 1 aromatic rings. The maximum atomic E-state index is 11.7. The summed E-state index contributed by atoms with van der Waals surface area (Å²) in [6, 6.07) is 7.79. The van der Waals surface area contributed by atoms with Gasteiger partial charge in [0.1, 0.15) is 5.75 Å². The van der Waals surface area contributed by atoms with E-state index in [1.54, 1.807) is 0 Å². The Hall–Kier alpha value is -1.55. The maximum absolute atomic E-state index is 11.7. The van der Waals surface area contributed by atoms with Gasteiger partial charge in [-0.2, -0.15) is 0 Å². The van der Waals surface area contributed by atoms with Gasteiger partial charge in [-0.1, -0.05) is 26.0 Å². The summed E-state index contributed by atoms with van der Waals surface area (Å²) in [5, 5.41) is 2.87. The first-order chi connectivity index (χ1) is 8.99. The Morgan fingerprint density at radius 1 is 1.47 bits per heavy atom. The summed E-state index contributed by atoms with van der Waals surface area (Å²) >= 11 is 0. The Balaban J connectivity index is 1.86. The molecule has 1 amide bonds. The van der Waals surface area contributed by atoms with Crippen LogP contribution in [0.15, 0.2) is 24.3 Å². The van der Waals surface area contributed by atoms with Crippen molar-refractivity contribution >= 4 is 5.91 Å². The van der Waals surface area contributed by atoms with E-state index >= 15 is 0 Å². The number of nitrogens with one attached hydrogen (secondary N) is 1. The molecule has 1 aromatic carbocycles. The minimum absolute atomic E-state index is 0.0546. The molecule has 0 bridgehead atoms. The van der Waals surface area contributed by atoms with E-state index in [0.717, 1.165) is 24.2 Å². The van der Waals surface area contributed by atoms with Crippen molar-refractivity contribution in [3.63, 3.8) is 0 Å². The number of carbonyl (C=O) groups excluding carboxylic acids is 1. The highest BCUT2D eigenvalue weighted by molar-refractivity contribution is 5.88. The fraction of sp³-hybridized carbons (Fsp3) is 0.533. The predicted molar refractivity (Wildman–Crippen MR) is 74.8 cm³/mol. The Bertz CT molecular complexity index is 453. The van der Waals surface area contributed by atoms with E-state index < -0.39 is 5.54 Å². The molecule has 0 atom stereocenters. The zero-order valence-corrected chi connectivity index (χ0v) is 11.6. The van der Waals surface area contributed by atoms with Crippen LogP contribution in [0.1, 0.15) is 32.3 Å². The van der Waals surface area contributed by atoms with Gasteiger partial charge in [0.2, 0.25) is 5.91 Å². The van der Waals surface area contributed by atoms with Crippen LogP contribution < -0.4 is 15.8 Å². The van der Waals surface area contributed by atoms with E-state index in [9.17, 15) is 4.79 Å². The molecule has 0 unspecified atom stereocenters. The van der Waals surface area contributed by atoms with Crippen LogP contribution in [-0.4, -0.2) is 18.1 Å². The molecule has 0 saturated heterocycles. The third kappa shape index (κ3) is 3.96. The monoisotopic (exact) mass is 262 g/mol. The van der Waals surface area contributed by atoms with Crippen LogP contribution in [0.25, 0.3) is 0 Å². The molecule has 0 spiro atoms. The summed E-state index contributed by atoms with van der Waals surface area (Å²) in [5.74, 6) is 1.28. The van der Waals surface area contributed by atoms with Gasteiger partial charge in [0.15, 0.2) is 0 Å². The smallest absolute Gasteiger partial charge is 0.240 e. The first kappa shape index (κ1) is 13.9. The lowest BCUT2D eigenvalue weighted by Gasteiger charge is -2.12. The highest BCUT2D eigenvalue weighted by Gasteiger charge is 2.45. The predicted octanol–water partition coefficient (Wildman–Crippen LogP) is 1.83. The van der Waals surface area contributed by atoms with Crippen LogP contribution in [0.4, 0.5) is 0 Å². The van der Waals surface area contributed by atoms with E-state index in [1.807, 2.05) is 24.3 Å². The van der Waals surface area contributed by atoms with Crippen molar-refractivity contribution in [3.05, 3.63) is 29.8 Å². The van der Waals surface area contributed by atoms with Crippen molar-refractivity contribution in [3.8, 4) is 5.75 Å². The Morgan fingerprint density at radius 3 is 2.84 bits per heavy atom. The lowest BCUT2D eigenvalue weighted by atomic mass is 10.2. The van der Waals surface area contributed by atoms with Gasteiger partial charge in [-0.05, 0) is 36.5 Å². The third-order valence-electron chi connectivity index (χ3n) is 3.18. The van der Waals surface area contributed by atoms with E-state index in [4.69, 9.17) is 10.5 Å². The van der Waals surface area contributed by atoms with Crippen molar-refractivity contribution in [1.29, 1.82) is 0 Å². The highest BCUT2D eigenvalue weighted by atomic mass is 16.5. The van der Waals surface area contributed by atoms with E-state index in [0.29, 0.717) is 19.1 Å². The van der Waals surface area contributed by atoms with Gasteiger partial charge in [-0.3, -0.25) is 4.79 Å². The van der Waals surface area contributed by atoms with Gasteiger partial charge < -0.3 is 15.8 Å². The molecule has 2 rings (SSSR count). The molecule has 0 radical (unpaired) electrons. The standard InChI is InChI=1S/C15H22N2O2/c1-11(2)10-19-13-5-3-4-12(8-13)9-17-14(18)15(16)6-7-15/h3-5,8,11H,6-7,9-10,16H2,1-2H3,(H,17,18). The summed E-state index contributed by atoms with van der Waals surface area (Å²) in [7, 11) is 0. The van der Waals surface area contributed by atoms with Crippen LogP contribution >= 0.6 is 0 Å². The normalized spacial score (nSPS) is 16.2. The number of hydrogen-bond donors (Lipinski definition) is 2. The number of ether oxygens (including phenoxy) is 1. The first-order valence-corrected chi connectivity index (χ1v) is 6.78. The number of hydrogen-bond acceptors (Lipinski definition) is 3. The van der Waals surface area contributed by atoms with Gasteiger partial charge in [0.25, 0.3) is 0 Å². The highest BCUT2D eigenvalue weighted by Crippen LogP contribution is 2.32. The van der Waals surface area contributed by atoms with Crippen molar-refractivity contribution in [2.75, 3.05) is 6.61 Å². The van der Waals surface area contributed by atoms with Crippen molar-refractivity contribution in [1.82, 2.24) is 5.32 Å². The fourth-order valence-electron chi connectivity index (χ4n) is 1.73. The molecule has 1 fully saturated rings. The molecule has 3 N–H and O–H groups in total. The summed E-state index contributed by atoms with van der Waals surface area (Å²) in [5.41, 5.74) is 6.25. The average molecular weight is 262 g/mol. The minimum atomic E-state index is -0.605. The Morgan fingerprint density at radius 2 is 2.21 bits per heavy atom. The summed E-state index contributed by atoms with van der Waals surface area (Å²) in [4.78, 5) is 11.7. The van der Waals surface area contributed by atoms with Crippen LogP contribution in [0.3, 0.4) is 0 Å². The SMILES string of the molecule is CC(C)COc1cccc(CNC(=O)C2(N)CC2)c1. The van der Waals surface area contributed by atoms with Gasteiger partial charge in [-0.25, -0.2) is 0 Å². The van der Waals surface area contributed by atoms with Gasteiger partial charge >= 0.3 is 0 Å². The second-order valence-electron chi connectivity index (χ2n) is 5.69. The van der Waals surface area contributed by atoms with Gasteiger partial charge in [0.05, 0.1) is 12.1 Å². The molecule has 1 aliphatic carbocycles. The van der Waals surface area contributed by atoms with Crippen LogP contribution in [0.2, 0.25) is 0 Å². The molecular formula is C15H22N2O2. The lowest BCUT2D eigenvalue weighted by Crippen LogP contribution is -2.42.